The van der Waals surface area contributed by atoms with E-state index in [4.69, 9.17) is 5.73 Å². The number of nitrogens with zero attached hydrogens (tertiary/aromatic N) is 1. The minimum atomic E-state index is 0.315. The molecule has 0 aliphatic carbocycles. The van der Waals surface area contributed by atoms with Gasteiger partial charge in [0.25, 0.3) is 0 Å². The Kier molecular flexibility index (Phi) is 3.57. The summed E-state index contributed by atoms with van der Waals surface area (Å²) < 4.78 is 0. The Balaban J connectivity index is 1.89. The number of para-hydroxylation sites is 2. The summed E-state index contributed by atoms with van der Waals surface area (Å²) in [7, 11) is 0. The van der Waals surface area contributed by atoms with Gasteiger partial charge in [0.1, 0.15) is 5.82 Å². The molecule has 0 radical (unpaired) electrons. The predicted octanol–water partition coefficient (Wildman–Crippen LogP) is 2.62. The van der Waals surface area contributed by atoms with E-state index in [9.17, 15) is 0 Å². The van der Waals surface area contributed by atoms with Crippen molar-refractivity contribution in [3.05, 3.63) is 30.1 Å². The van der Waals surface area contributed by atoms with Crippen molar-refractivity contribution in [2.75, 3.05) is 0 Å². The van der Waals surface area contributed by atoms with E-state index < -0.39 is 0 Å². The topological polar surface area (TPSA) is 54.7 Å². The minimum Gasteiger partial charge on any atom is -0.342 e. The fraction of sp³-hybridized carbons (Fsp3) is 0.462. The molecule has 0 bridgehead atoms. The molecule has 0 unspecified atom stereocenters. The fourth-order valence-corrected chi connectivity index (χ4v) is 1.88. The van der Waals surface area contributed by atoms with Crippen LogP contribution < -0.4 is 5.73 Å². The summed E-state index contributed by atoms with van der Waals surface area (Å²) in [6.07, 6.45) is 4.44. The summed E-state index contributed by atoms with van der Waals surface area (Å²) in [5.74, 6) is 1.09. The lowest BCUT2D eigenvalue weighted by atomic mass is 10.1. The lowest BCUT2D eigenvalue weighted by molar-refractivity contribution is 0.592. The molecule has 1 heterocycles. The first-order valence-corrected chi connectivity index (χ1v) is 5.95. The van der Waals surface area contributed by atoms with Gasteiger partial charge in [-0.15, -0.1) is 0 Å². The maximum Gasteiger partial charge on any atom is 0.107 e. The number of aryl methyl sites for hydroxylation is 1. The second kappa shape index (κ2) is 5.12. The van der Waals surface area contributed by atoms with Crippen molar-refractivity contribution in [2.45, 2.75) is 38.6 Å². The summed E-state index contributed by atoms with van der Waals surface area (Å²) in [6.45, 7) is 2.06. The van der Waals surface area contributed by atoms with Gasteiger partial charge in [0.2, 0.25) is 0 Å². The number of aromatic amines is 1. The molecule has 0 fully saturated rings. The number of hydrogen-bond acceptors (Lipinski definition) is 2. The zero-order valence-corrected chi connectivity index (χ0v) is 9.74. The number of unbranched alkanes of at least 4 members (excludes halogenated alkanes) is 1. The van der Waals surface area contributed by atoms with E-state index in [0.717, 1.165) is 36.1 Å². The SMILES string of the molecule is C[C@@H](N)CCCCc1nc2ccccc2[nH]1. The molecule has 86 valence electrons. The predicted molar refractivity (Wildman–Crippen MR) is 67.3 cm³/mol. The van der Waals surface area contributed by atoms with Crippen molar-refractivity contribution in [1.29, 1.82) is 0 Å². The number of nitrogens with two attached hydrogens (primary N) is 1. The van der Waals surface area contributed by atoms with Gasteiger partial charge in [-0.2, -0.15) is 0 Å². The van der Waals surface area contributed by atoms with Crippen LogP contribution in [0.5, 0.6) is 0 Å². The van der Waals surface area contributed by atoms with Gasteiger partial charge in [0, 0.05) is 12.5 Å². The van der Waals surface area contributed by atoms with E-state index in [1.165, 1.54) is 6.42 Å². The first-order chi connectivity index (χ1) is 7.75. The molecule has 1 aromatic heterocycles. The third kappa shape index (κ3) is 2.83. The minimum absolute atomic E-state index is 0.315. The molecule has 0 saturated carbocycles. The van der Waals surface area contributed by atoms with Crippen molar-refractivity contribution < 1.29 is 0 Å². The van der Waals surface area contributed by atoms with Crippen LogP contribution in [0.4, 0.5) is 0 Å². The molecule has 0 spiro atoms. The number of hydrogen-bond donors (Lipinski definition) is 2. The third-order valence-corrected chi connectivity index (χ3v) is 2.76. The van der Waals surface area contributed by atoms with Crippen molar-refractivity contribution in [1.82, 2.24) is 9.97 Å². The van der Waals surface area contributed by atoms with Gasteiger partial charge in [-0.25, -0.2) is 4.98 Å². The lowest BCUT2D eigenvalue weighted by Gasteiger charge is -2.02. The molecule has 0 aliphatic heterocycles. The van der Waals surface area contributed by atoms with E-state index in [2.05, 4.69) is 23.0 Å². The molecule has 0 saturated heterocycles. The maximum atomic E-state index is 5.71. The van der Waals surface area contributed by atoms with Gasteiger partial charge in [-0.05, 0) is 31.9 Å². The zero-order valence-electron chi connectivity index (χ0n) is 9.74. The smallest absolute Gasteiger partial charge is 0.107 e. The Labute approximate surface area is 96.1 Å². The first kappa shape index (κ1) is 11.1. The lowest BCUT2D eigenvalue weighted by Crippen LogP contribution is -2.14. The van der Waals surface area contributed by atoms with Crippen LogP contribution in [0.1, 0.15) is 32.0 Å². The van der Waals surface area contributed by atoms with Crippen LogP contribution in [-0.4, -0.2) is 16.0 Å². The molecule has 2 rings (SSSR count). The number of benzene rings is 1. The molecule has 1 atom stereocenters. The van der Waals surface area contributed by atoms with Crippen LogP contribution in [-0.2, 0) is 6.42 Å². The average molecular weight is 217 g/mol. The molecule has 0 amide bonds. The van der Waals surface area contributed by atoms with Crippen LogP contribution in [0.3, 0.4) is 0 Å². The van der Waals surface area contributed by atoms with Gasteiger partial charge in [0.15, 0.2) is 0 Å². The van der Waals surface area contributed by atoms with Crippen molar-refractivity contribution in [3.8, 4) is 0 Å². The molecule has 3 nitrogen and oxygen atoms in total. The Morgan fingerprint density at radius 3 is 2.88 bits per heavy atom. The van der Waals surface area contributed by atoms with E-state index in [1.54, 1.807) is 0 Å². The van der Waals surface area contributed by atoms with E-state index in [-0.39, 0.29) is 0 Å². The Hall–Kier alpha value is -1.35. The first-order valence-electron chi connectivity index (χ1n) is 5.95. The summed E-state index contributed by atoms with van der Waals surface area (Å²) >= 11 is 0. The standard InChI is InChI=1S/C13H19N3/c1-10(14)6-2-5-9-13-15-11-7-3-4-8-12(11)16-13/h3-4,7-8,10H,2,5-6,9,14H2,1H3,(H,15,16)/t10-/m1/s1. The van der Waals surface area contributed by atoms with E-state index in [0.29, 0.717) is 6.04 Å². The number of fused-ring (bicyclic) bond motifs is 1. The maximum absolute atomic E-state index is 5.71. The number of H-pyrrole nitrogens is 1. The molecular formula is C13H19N3. The van der Waals surface area contributed by atoms with Crippen LogP contribution in [0.15, 0.2) is 24.3 Å². The summed E-state index contributed by atoms with van der Waals surface area (Å²) in [6, 6.07) is 8.46. The largest absolute Gasteiger partial charge is 0.342 e. The molecule has 16 heavy (non-hydrogen) atoms. The fourth-order valence-electron chi connectivity index (χ4n) is 1.88. The second-order valence-corrected chi connectivity index (χ2v) is 4.42. The zero-order chi connectivity index (χ0) is 11.4. The number of aromatic nitrogens is 2. The monoisotopic (exact) mass is 217 g/mol. The van der Waals surface area contributed by atoms with Gasteiger partial charge < -0.3 is 10.7 Å². The van der Waals surface area contributed by atoms with Crippen LogP contribution in [0, 0.1) is 0 Å². The molecule has 0 aliphatic rings. The molecule has 3 heteroatoms. The Morgan fingerprint density at radius 2 is 2.12 bits per heavy atom. The summed E-state index contributed by atoms with van der Waals surface area (Å²) in [4.78, 5) is 7.88. The number of rotatable bonds is 5. The number of imidazole rings is 1. The highest BCUT2D eigenvalue weighted by molar-refractivity contribution is 5.74. The average Bonchev–Trinajstić information content (AvgIpc) is 2.66. The Morgan fingerprint density at radius 1 is 1.31 bits per heavy atom. The normalized spacial score (nSPS) is 13.1. The Bertz CT molecular complexity index is 412. The summed E-state index contributed by atoms with van der Waals surface area (Å²) in [5, 5.41) is 0. The second-order valence-electron chi connectivity index (χ2n) is 4.42. The summed E-state index contributed by atoms with van der Waals surface area (Å²) in [5.41, 5.74) is 7.90. The quantitative estimate of drug-likeness (QED) is 0.756. The molecular weight excluding hydrogens is 198 g/mol. The van der Waals surface area contributed by atoms with Crippen molar-refractivity contribution >= 4 is 11.0 Å². The van der Waals surface area contributed by atoms with E-state index >= 15 is 0 Å². The van der Waals surface area contributed by atoms with Gasteiger partial charge in [-0.1, -0.05) is 18.6 Å². The van der Waals surface area contributed by atoms with Crippen molar-refractivity contribution in [2.24, 2.45) is 5.73 Å². The molecule has 2 aromatic rings. The van der Waals surface area contributed by atoms with Crippen LogP contribution in [0.2, 0.25) is 0 Å². The highest BCUT2D eigenvalue weighted by Crippen LogP contribution is 2.12. The molecule has 1 aromatic carbocycles. The van der Waals surface area contributed by atoms with Gasteiger partial charge in [0.05, 0.1) is 11.0 Å². The van der Waals surface area contributed by atoms with Crippen LogP contribution >= 0.6 is 0 Å². The van der Waals surface area contributed by atoms with Gasteiger partial charge >= 0.3 is 0 Å². The van der Waals surface area contributed by atoms with Crippen LogP contribution in [0.25, 0.3) is 11.0 Å². The highest BCUT2D eigenvalue weighted by Gasteiger charge is 2.01. The molecule has 3 N–H and O–H groups in total. The third-order valence-electron chi connectivity index (χ3n) is 2.76. The van der Waals surface area contributed by atoms with Gasteiger partial charge in [-0.3, -0.25) is 0 Å². The highest BCUT2D eigenvalue weighted by atomic mass is 14.9. The van der Waals surface area contributed by atoms with Crippen molar-refractivity contribution in [3.63, 3.8) is 0 Å². The number of nitrogens with one attached hydrogen (secondary N) is 1. The van der Waals surface area contributed by atoms with E-state index in [1.807, 2.05) is 18.2 Å².